The SMILES string of the molecule is C=C(C)C#Cc1ccc(Br)c(C(N)Cc2cc(F)cc(F)c2)n1. The number of pyridine rings is 1. The van der Waals surface area contributed by atoms with Crippen molar-refractivity contribution in [2.24, 2.45) is 5.73 Å². The predicted molar refractivity (Wildman–Crippen MR) is 90.6 cm³/mol. The van der Waals surface area contributed by atoms with E-state index >= 15 is 0 Å². The zero-order valence-corrected chi connectivity index (χ0v) is 14.1. The summed E-state index contributed by atoms with van der Waals surface area (Å²) in [5, 5.41) is 0. The average molecular weight is 377 g/mol. The standard InChI is InChI=1S/C18H15BrF2N2/c1-11(2)3-4-15-5-6-16(19)18(23-15)17(22)9-12-7-13(20)10-14(21)8-12/h5-8,10,17H,1,9,22H2,2H3. The van der Waals surface area contributed by atoms with Crippen LogP contribution in [0, 0.1) is 23.5 Å². The molecule has 0 aliphatic carbocycles. The first-order valence-corrected chi connectivity index (χ1v) is 7.69. The fraction of sp³-hybridized carbons (Fsp3) is 0.167. The van der Waals surface area contributed by atoms with Crippen molar-refractivity contribution in [2.75, 3.05) is 0 Å². The largest absolute Gasteiger partial charge is 0.322 e. The minimum atomic E-state index is -0.625. The number of nitrogens with two attached hydrogens (primary N) is 1. The Morgan fingerprint density at radius 1 is 1.30 bits per heavy atom. The quantitative estimate of drug-likeness (QED) is 0.811. The Balaban J connectivity index is 2.28. The summed E-state index contributed by atoms with van der Waals surface area (Å²) in [4.78, 5) is 4.41. The van der Waals surface area contributed by atoms with Crippen LogP contribution >= 0.6 is 15.9 Å². The van der Waals surface area contributed by atoms with Crippen LogP contribution in [0.2, 0.25) is 0 Å². The first-order chi connectivity index (χ1) is 10.8. The second-order valence-corrected chi connectivity index (χ2v) is 6.04. The van der Waals surface area contributed by atoms with Crippen LogP contribution in [0.3, 0.4) is 0 Å². The number of halogens is 3. The van der Waals surface area contributed by atoms with Crippen molar-refractivity contribution in [2.45, 2.75) is 19.4 Å². The molecule has 1 atom stereocenters. The van der Waals surface area contributed by atoms with Crippen LogP contribution in [0.5, 0.6) is 0 Å². The molecule has 2 N–H and O–H groups in total. The van der Waals surface area contributed by atoms with E-state index in [1.165, 1.54) is 12.1 Å². The molecule has 23 heavy (non-hydrogen) atoms. The van der Waals surface area contributed by atoms with Crippen molar-refractivity contribution >= 4 is 15.9 Å². The van der Waals surface area contributed by atoms with Gasteiger partial charge < -0.3 is 5.73 Å². The van der Waals surface area contributed by atoms with Gasteiger partial charge in [-0.25, -0.2) is 13.8 Å². The van der Waals surface area contributed by atoms with Crippen LogP contribution in [0.1, 0.15) is 29.9 Å². The fourth-order valence-corrected chi connectivity index (χ4v) is 2.55. The number of hydrogen-bond acceptors (Lipinski definition) is 2. The Morgan fingerprint density at radius 3 is 2.57 bits per heavy atom. The maximum atomic E-state index is 13.3. The van der Waals surface area contributed by atoms with E-state index in [4.69, 9.17) is 5.73 Å². The molecule has 2 nitrogen and oxygen atoms in total. The lowest BCUT2D eigenvalue weighted by Gasteiger charge is -2.13. The topological polar surface area (TPSA) is 38.9 Å². The number of rotatable bonds is 3. The first-order valence-electron chi connectivity index (χ1n) is 6.89. The fourth-order valence-electron chi connectivity index (χ4n) is 2.04. The van der Waals surface area contributed by atoms with Gasteiger partial charge in [-0.1, -0.05) is 12.5 Å². The van der Waals surface area contributed by atoms with E-state index in [0.717, 1.165) is 16.1 Å². The lowest BCUT2D eigenvalue weighted by molar-refractivity contribution is 0.575. The highest BCUT2D eigenvalue weighted by Gasteiger charge is 2.14. The van der Waals surface area contributed by atoms with Crippen LogP contribution in [0.4, 0.5) is 8.78 Å². The maximum absolute atomic E-state index is 13.3. The summed E-state index contributed by atoms with van der Waals surface area (Å²) in [7, 11) is 0. The van der Waals surface area contributed by atoms with Gasteiger partial charge in [0.2, 0.25) is 0 Å². The number of hydrogen-bond donors (Lipinski definition) is 1. The highest BCUT2D eigenvalue weighted by molar-refractivity contribution is 9.10. The van der Waals surface area contributed by atoms with Crippen molar-refractivity contribution in [1.82, 2.24) is 4.98 Å². The zero-order valence-electron chi connectivity index (χ0n) is 12.5. The minimum absolute atomic E-state index is 0.262. The van der Waals surface area contributed by atoms with E-state index in [1.807, 2.05) is 0 Å². The second-order valence-electron chi connectivity index (χ2n) is 5.18. The lowest BCUT2D eigenvalue weighted by Crippen LogP contribution is -2.16. The normalized spacial score (nSPS) is 11.5. The predicted octanol–water partition coefficient (Wildman–Crippen LogP) is 4.29. The summed E-state index contributed by atoms with van der Waals surface area (Å²) >= 11 is 3.40. The summed E-state index contributed by atoms with van der Waals surface area (Å²) in [5.74, 6) is 4.49. The van der Waals surface area contributed by atoms with E-state index in [9.17, 15) is 8.78 Å². The number of aromatic nitrogens is 1. The van der Waals surface area contributed by atoms with Crippen LogP contribution in [0.15, 0.2) is 47.0 Å². The molecule has 2 aromatic rings. The molecule has 0 saturated carbocycles. The molecule has 5 heteroatoms. The zero-order chi connectivity index (χ0) is 17.0. The highest BCUT2D eigenvalue weighted by Crippen LogP contribution is 2.23. The molecular weight excluding hydrogens is 362 g/mol. The molecular formula is C18H15BrF2N2. The summed E-state index contributed by atoms with van der Waals surface area (Å²) < 4.78 is 27.3. The molecule has 0 bridgehead atoms. The summed E-state index contributed by atoms with van der Waals surface area (Å²) in [6.45, 7) is 5.51. The molecule has 0 radical (unpaired) electrons. The van der Waals surface area contributed by atoms with Crippen LogP contribution in [-0.2, 0) is 6.42 Å². The summed E-state index contributed by atoms with van der Waals surface area (Å²) in [6.07, 6.45) is 0.262. The molecule has 1 aromatic carbocycles. The van der Waals surface area contributed by atoms with Crippen molar-refractivity contribution in [3.05, 3.63) is 75.5 Å². The van der Waals surface area contributed by atoms with E-state index in [-0.39, 0.29) is 6.42 Å². The van der Waals surface area contributed by atoms with Gasteiger partial charge in [0.15, 0.2) is 0 Å². The van der Waals surface area contributed by atoms with E-state index in [1.54, 1.807) is 19.1 Å². The maximum Gasteiger partial charge on any atom is 0.126 e. The third-order valence-electron chi connectivity index (χ3n) is 3.01. The summed E-state index contributed by atoms with van der Waals surface area (Å²) in [5.41, 5.74) is 8.50. The van der Waals surface area contributed by atoms with Crippen molar-refractivity contribution < 1.29 is 8.78 Å². The third kappa shape index (κ3) is 4.98. The lowest BCUT2D eigenvalue weighted by atomic mass is 10.0. The van der Waals surface area contributed by atoms with Gasteiger partial charge in [-0.3, -0.25) is 0 Å². The molecule has 0 aliphatic heterocycles. The molecule has 118 valence electrons. The van der Waals surface area contributed by atoms with Crippen LogP contribution < -0.4 is 5.73 Å². The first kappa shape index (κ1) is 17.3. The Kier molecular flexibility index (Phi) is 5.64. The Bertz CT molecular complexity index is 786. The monoisotopic (exact) mass is 376 g/mol. The van der Waals surface area contributed by atoms with Gasteiger partial charge in [0.1, 0.15) is 17.3 Å². The molecule has 1 aromatic heterocycles. The average Bonchev–Trinajstić information content (AvgIpc) is 2.45. The Hall–Kier alpha value is -2.03. The Morgan fingerprint density at radius 2 is 1.96 bits per heavy atom. The highest BCUT2D eigenvalue weighted by atomic mass is 79.9. The smallest absolute Gasteiger partial charge is 0.126 e. The summed E-state index contributed by atoms with van der Waals surface area (Å²) in [6, 6.07) is 6.41. The van der Waals surface area contributed by atoms with Crippen LogP contribution in [-0.4, -0.2) is 4.98 Å². The Labute approximate surface area is 142 Å². The van der Waals surface area contributed by atoms with Gasteiger partial charge >= 0.3 is 0 Å². The van der Waals surface area contributed by atoms with Gasteiger partial charge in [-0.2, -0.15) is 0 Å². The van der Waals surface area contributed by atoms with Crippen molar-refractivity contribution in [3.63, 3.8) is 0 Å². The van der Waals surface area contributed by atoms with E-state index < -0.39 is 17.7 Å². The molecule has 1 heterocycles. The van der Waals surface area contributed by atoms with Gasteiger partial charge in [0.05, 0.1) is 11.7 Å². The van der Waals surface area contributed by atoms with Gasteiger partial charge in [0, 0.05) is 10.5 Å². The van der Waals surface area contributed by atoms with Crippen molar-refractivity contribution in [3.8, 4) is 11.8 Å². The van der Waals surface area contributed by atoms with Gasteiger partial charge in [-0.05, 0) is 70.6 Å². The molecule has 2 rings (SSSR count). The molecule has 0 amide bonds. The number of allylic oxidation sites excluding steroid dienone is 1. The third-order valence-corrected chi connectivity index (χ3v) is 3.68. The molecule has 0 fully saturated rings. The molecule has 0 spiro atoms. The number of benzene rings is 1. The molecule has 0 aliphatic rings. The van der Waals surface area contributed by atoms with Crippen molar-refractivity contribution in [1.29, 1.82) is 0 Å². The number of nitrogens with zero attached hydrogens (tertiary/aromatic N) is 1. The van der Waals surface area contributed by atoms with Gasteiger partial charge in [-0.15, -0.1) is 0 Å². The molecule has 0 saturated heterocycles. The van der Waals surface area contributed by atoms with Crippen LogP contribution in [0.25, 0.3) is 0 Å². The second kappa shape index (κ2) is 7.49. The van der Waals surface area contributed by atoms with E-state index in [0.29, 0.717) is 17.0 Å². The van der Waals surface area contributed by atoms with E-state index in [2.05, 4.69) is 39.3 Å². The van der Waals surface area contributed by atoms with Gasteiger partial charge in [0.25, 0.3) is 0 Å². The molecule has 1 unspecified atom stereocenters. The minimum Gasteiger partial charge on any atom is -0.322 e.